The number of H-pyrrole nitrogens is 1. The number of aromatic nitrogens is 3. The van der Waals surface area contributed by atoms with Crippen LogP contribution in [0.5, 0.6) is 0 Å². The number of nitrogens with zero attached hydrogens (tertiary/aromatic N) is 2. The summed E-state index contributed by atoms with van der Waals surface area (Å²) in [4.78, 5) is 21.4. The first-order valence-electron chi connectivity index (χ1n) is 8.95. The van der Waals surface area contributed by atoms with Crippen LogP contribution >= 0.6 is 0 Å². The van der Waals surface area contributed by atoms with Gasteiger partial charge in [-0.05, 0) is 49.4 Å². The molecule has 2 aromatic carbocycles. The predicted molar refractivity (Wildman–Crippen MR) is 110 cm³/mol. The van der Waals surface area contributed by atoms with Gasteiger partial charge in [-0.15, -0.1) is 0 Å². The lowest BCUT2D eigenvalue weighted by atomic mass is 10.2. The molecule has 0 saturated heterocycles. The zero-order valence-corrected chi connectivity index (χ0v) is 17.0. The third-order valence-corrected chi connectivity index (χ3v) is 5.88. The number of rotatable bonds is 5. The van der Waals surface area contributed by atoms with Crippen LogP contribution in [0.25, 0.3) is 11.1 Å². The molecule has 0 atom stereocenters. The number of fused-ring (bicyclic) bond motifs is 1. The topological polar surface area (TPSA) is 130 Å². The lowest BCUT2D eigenvalue weighted by molar-refractivity contribution is -0.0436. The number of benzene rings is 2. The van der Waals surface area contributed by atoms with Gasteiger partial charge >= 0.3 is 11.3 Å². The second-order valence-electron chi connectivity index (χ2n) is 6.67. The van der Waals surface area contributed by atoms with Crippen LogP contribution in [0, 0.1) is 6.92 Å². The molecule has 0 saturated carbocycles. The molecule has 13 heteroatoms. The summed E-state index contributed by atoms with van der Waals surface area (Å²) >= 11 is 0. The van der Waals surface area contributed by atoms with Gasteiger partial charge in [0.05, 0.1) is 10.4 Å². The molecule has 0 spiro atoms. The Morgan fingerprint density at radius 2 is 1.72 bits per heavy atom. The van der Waals surface area contributed by atoms with Crippen LogP contribution in [0.1, 0.15) is 5.56 Å². The van der Waals surface area contributed by atoms with E-state index in [4.69, 9.17) is 4.42 Å². The van der Waals surface area contributed by atoms with Crippen molar-refractivity contribution in [3.63, 3.8) is 0 Å². The van der Waals surface area contributed by atoms with Gasteiger partial charge in [0, 0.05) is 23.1 Å². The number of aromatic amines is 1. The minimum absolute atomic E-state index is 0.127. The van der Waals surface area contributed by atoms with E-state index in [1.807, 2.05) is 0 Å². The minimum Gasteiger partial charge on any atom is -0.408 e. The van der Waals surface area contributed by atoms with E-state index in [1.165, 1.54) is 18.3 Å². The summed E-state index contributed by atoms with van der Waals surface area (Å²) in [6.07, 6.45) is 1.53. The molecule has 0 aliphatic heterocycles. The zero-order valence-electron chi connectivity index (χ0n) is 16.2. The van der Waals surface area contributed by atoms with Gasteiger partial charge in [-0.3, -0.25) is 4.98 Å². The second kappa shape index (κ2) is 7.67. The average Bonchev–Trinajstić information content (AvgIpc) is 3.09. The molecular formula is C19H14F3N5O4S. The van der Waals surface area contributed by atoms with E-state index in [1.54, 1.807) is 25.1 Å². The number of sulfone groups is 1. The average molecular weight is 465 g/mol. The fraction of sp³-hybridized carbons (Fsp3) is 0.105. The van der Waals surface area contributed by atoms with Gasteiger partial charge in [0.15, 0.2) is 5.58 Å². The molecule has 4 rings (SSSR count). The number of hydrogen-bond acceptors (Lipinski definition) is 8. The predicted octanol–water partition coefficient (Wildman–Crippen LogP) is 4.00. The lowest BCUT2D eigenvalue weighted by Gasteiger charge is -2.12. The van der Waals surface area contributed by atoms with Crippen LogP contribution in [0.3, 0.4) is 0 Å². The first kappa shape index (κ1) is 21.4. The summed E-state index contributed by atoms with van der Waals surface area (Å²) in [6.45, 7) is 1.77. The Labute approximate surface area is 178 Å². The molecule has 4 aromatic rings. The van der Waals surface area contributed by atoms with Crippen molar-refractivity contribution in [1.29, 1.82) is 0 Å². The summed E-state index contributed by atoms with van der Waals surface area (Å²) in [6, 6.07) is 9.01. The highest BCUT2D eigenvalue weighted by Crippen LogP contribution is 2.31. The third-order valence-electron chi connectivity index (χ3n) is 4.38. The monoisotopic (exact) mass is 465 g/mol. The number of alkyl halides is 3. The first-order chi connectivity index (χ1) is 15.0. The van der Waals surface area contributed by atoms with E-state index >= 15 is 0 Å². The number of oxazole rings is 1. The summed E-state index contributed by atoms with van der Waals surface area (Å²) in [7, 11) is -5.42. The quantitative estimate of drug-likeness (QED) is 0.403. The maximum absolute atomic E-state index is 12.7. The van der Waals surface area contributed by atoms with Crippen molar-refractivity contribution in [3.8, 4) is 0 Å². The number of nitrogens with one attached hydrogen (secondary N) is 3. The molecular weight excluding hydrogens is 451 g/mol. The van der Waals surface area contributed by atoms with Gasteiger partial charge in [-0.25, -0.2) is 18.2 Å². The Balaban J connectivity index is 1.55. The van der Waals surface area contributed by atoms with Crippen molar-refractivity contribution >= 4 is 44.1 Å². The fourth-order valence-electron chi connectivity index (χ4n) is 2.78. The van der Waals surface area contributed by atoms with Gasteiger partial charge in [0.1, 0.15) is 5.82 Å². The van der Waals surface area contributed by atoms with Crippen molar-refractivity contribution in [3.05, 3.63) is 64.8 Å². The summed E-state index contributed by atoms with van der Waals surface area (Å²) in [5.41, 5.74) is -2.88. The fourth-order valence-corrected chi connectivity index (χ4v) is 3.54. The Morgan fingerprint density at radius 3 is 2.41 bits per heavy atom. The minimum atomic E-state index is -5.42. The summed E-state index contributed by atoms with van der Waals surface area (Å²) < 4.78 is 65.9. The van der Waals surface area contributed by atoms with Crippen LogP contribution < -0.4 is 16.4 Å². The van der Waals surface area contributed by atoms with E-state index in [0.29, 0.717) is 33.9 Å². The maximum atomic E-state index is 12.7. The maximum Gasteiger partial charge on any atom is 0.501 e. The standard InChI is InChI=1S/C19H14F3N5O4S/c1-10-9-23-17(25-11-2-5-13(6-3-11)32(29,30)19(20,21)22)27-16(10)24-12-4-7-15-14(8-12)26-18(28)31-15/h2-9H,1H3,(H,26,28)(H2,23,24,25,27). The molecule has 0 fully saturated rings. The van der Waals surface area contributed by atoms with E-state index in [2.05, 4.69) is 25.6 Å². The second-order valence-corrected chi connectivity index (χ2v) is 8.62. The molecule has 166 valence electrons. The number of aryl methyl sites for hydroxylation is 1. The summed E-state index contributed by atoms with van der Waals surface area (Å²) in [5, 5.41) is 5.89. The molecule has 9 nitrogen and oxygen atoms in total. The first-order valence-corrected chi connectivity index (χ1v) is 10.4. The smallest absolute Gasteiger partial charge is 0.408 e. The Kier molecular flexibility index (Phi) is 5.12. The van der Waals surface area contributed by atoms with Gasteiger partial charge in [-0.2, -0.15) is 18.2 Å². The molecule has 0 unspecified atom stereocenters. The van der Waals surface area contributed by atoms with Gasteiger partial charge in [0.2, 0.25) is 5.95 Å². The van der Waals surface area contributed by atoms with Crippen molar-refractivity contribution < 1.29 is 26.0 Å². The van der Waals surface area contributed by atoms with E-state index in [-0.39, 0.29) is 5.95 Å². The lowest BCUT2D eigenvalue weighted by Crippen LogP contribution is -2.23. The van der Waals surface area contributed by atoms with Gasteiger partial charge in [0.25, 0.3) is 9.84 Å². The van der Waals surface area contributed by atoms with Gasteiger partial charge < -0.3 is 15.1 Å². The van der Waals surface area contributed by atoms with Crippen molar-refractivity contribution in [2.24, 2.45) is 0 Å². The molecule has 0 aliphatic rings. The van der Waals surface area contributed by atoms with Crippen molar-refractivity contribution in [2.75, 3.05) is 10.6 Å². The van der Waals surface area contributed by atoms with Crippen LogP contribution in [-0.4, -0.2) is 28.9 Å². The van der Waals surface area contributed by atoms with Crippen LogP contribution in [0.2, 0.25) is 0 Å². The highest BCUT2D eigenvalue weighted by molar-refractivity contribution is 7.92. The zero-order chi connectivity index (χ0) is 23.1. The van der Waals surface area contributed by atoms with E-state index in [9.17, 15) is 26.4 Å². The highest BCUT2D eigenvalue weighted by atomic mass is 32.2. The molecule has 0 aliphatic carbocycles. The largest absolute Gasteiger partial charge is 0.501 e. The molecule has 2 heterocycles. The summed E-state index contributed by atoms with van der Waals surface area (Å²) in [5.74, 6) is -0.0119. The molecule has 0 amide bonds. The SMILES string of the molecule is Cc1cnc(Nc2ccc(S(=O)(=O)C(F)(F)F)cc2)nc1Nc1ccc2oc(=O)[nH]c2c1. The normalized spacial score (nSPS) is 12.1. The molecule has 3 N–H and O–H groups in total. The number of halogens is 3. The highest BCUT2D eigenvalue weighted by Gasteiger charge is 2.46. The Bertz CT molecular complexity index is 1460. The molecule has 0 radical (unpaired) electrons. The van der Waals surface area contributed by atoms with Crippen LogP contribution in [-0.2, 0) is 9.84 Å². The van der Waals surface area contributed by atoms with Crippen LogP contribution in [0.15, 0.2) is 62.8 Å². The molecule has 32 heavy (non-hydrogen) atoms. The third kappa shape index (κ3) is 4.14. The van der Waals surface area contributed by atoms with Crippen molar-refractivity contribution in [2.45, 2.75) is 17.3 Å². The Morgan fingerprint density at radius 1 is 1.03 bits per heavy atom. The number of anilines is 4. The van der Waals surface area contributed by atoms with Gasteiger partial charge in [-0.1, -0.05) is 0 Å². The van der Waals surface area contributed by atoms with E-state index in [0.717, 1.165) is 12.1 Å². The number of hydrogen-bond donors (Lipinski definition) is 3. The Hall–Kier alpha value is -3.87. The van der Waals surface area contributed by atoms with E-state index < -0.39 is 26.0 Å². The van der Waals surface area contributed by atoms with Crippen molar-refractivity contribution in [1.82, 2.24) is 15.0 Å². The molecule has 0 bridgehead atoms. The van der Waals surface area contributed by atoms with Crippen LogP contribution in [0.4, 0.5) is 36.3 Å². The molecule has 2 aromatic heterocycles.